The number of alkyl halides is 3. The summed E-state index contributed by atoms with van der Waals surface area (Å²) in [7, 11) is -5.32. The average Bonchev–Trinajstić information content (AvgIpc) is 2.71. The second-order valence-electron chi connectivity index (χ2n) is 3.80. The first-order chi connectivity index (χ1) is 8.29. The van der Waals surface area contributed by atoms with Gasteiger partial charge < -0.3 is 4.98 Å². The molecule has 1 N–H and O–H groups in total. The number of benzene rings is 1. The minimum atomic E-state index is -5.32. The van der Waals surface area contributed by atoms with E-state index in [1.165, 1.54) is 6.07 Å². The highest BCUT2D eigenvalue weighted by Gasteiger charge is 2.48. The number of rotatable bonds is 2. The van der Waals surface area contributed by atoms with Crippen LogP contribution in [-0.4, -0.2) is 18.9 Å². The second-order valence-corrected chi connectivity index (χ2v) is 5.70. The van der Waals surface area contributed by atoms with Gasteiger partial charge in [0.05, 0.1) is 0 Å². The van der Waals surface area contributed by atoms with Crippen molar-refractivity contribution in [3.63, 3.8) is 0 Å². The molecule has 2 aromatic rings. The van der Waals surface area contributed by atoms with Crippen molar-refractivity contribution in [3.05, 3.63) is 30.0 Å². The lowest BCUT2D eigenvalue weighted by atomic mass is 10.1. The van der Waals surface area contributed by atoms with Gasteiger partial charge in [-0.05, 0) is 12.0 Å². The second kappa shape index (κ2) is 4.01. The molecule has 1 aromatic heterocycles. The normalized spacial score (nSPS) is 13.1. The maximum atomic E-state index is 12.5. The van der Waals surface area contributed by atoms with E-state index >= 15 is 0 Å². The number of aryl methyl sites for hydroxylation is 1. The Morgan fingerprint density at radius 1 is 1.28 bits per heavy atom. The molecule has 0 radical (unpaired) electrons. The fourth-order valence-corrected chi connectivity index (χ4v) is 2.76. The molecule has 0 bridgehead atoms. The average molecular weight is 277 g/mol. The Labute approximate surface area is 102 Å². The van der Waals surface area contributed by atoms with E-state index in [9.17, 15) is 21.6 Å². The Bertz CT molecular complexity index is 686. The van der Waals surface area contributed by atoms with E-state index in [1.807, 2.05) is 6.92 Å². The molecule has 0 amide bonds. The molecule has 0 saturated carbocycles. The number of sulfone groups is 1. The topological polar surface area (TPSA) is 49.9 Å². The molecule has 0 spiro atoms. The molecule has 3 nitrogen and oxygen atoms in total. The van der Waals surface area contributed by atoms with Gasteiger partial charge >= 0.3 is 5.51 Å². The monoisotopic (exact) mass is 277 g/mol. The molecule has 1 heterocycles. The molecular formula is C11H10F3NO2S. The molecule has 1 aromatic carbocycles. The van der Waals surface area contributed by atoms with Crippen molar-refractivity contribution >= 4 is 20.7 Å². The highest BCUT2D eigenvalue weighted by atomic mass is 32.2. The Kier molecular flexibility index (Phi) is 2.89. The lowest BCUT2D eigenvalue weighted by Crippen LogP contribution is -2.22. The quantitative estimate of drug-likeness (QED) is 0.917. The van der Waals surface area contributed by atoms with Crippen LogP contribution in [0.2, 0.25) is 0 Å². The minimum absolute atomic E-state index is 0.0756. The number of aromatic amines is 1. The first-order valence-electron chi connectivity index (χ1n) is 5.19. The van der Waals surface area contributed by atoms with Gasteiger partial charge in [0.15, 0.2) is 0 Å². The SMILES string of the molecule is CCc1cccc2c(S(=O)(=O)C(F)(F)F)c[nH]c12. The molecule has 2 rings (SSSR count). The fourth-order valence-electron chi connectivity index (χ4n) is 1.83. The summed E-state index contributed by atoms with van der Waals surface area (Å²) in [5.74, 6) is 0. The van der Waals surface area contributed by atoms with Gasteiger partial charge in [-0.2, -0.15) is 13.2 Å². The number of aromatic nitrogens is 1. The number of halogens is 3. The summed E-state index contributed by atoms with van der Waals surface area (Å²) in [5, 5.41) is 0.0756. The van der Waals surface area contributed by atoms with Crippen molar-refractivity contribution in [1.29, 1.82) is 0 Å². The zero-order valence-electron chi connectivity index (χ0n) is 9.38. The molecule has 18 heavy (non-hydrogen) atoms. The van der Waals surface area contributed by atoms with Gasteiger partial charge in [-0.3, -0.25) is 0 Å². The van der Waals surface area contributed by atoms with Crippen LogP contribution in [0.4, 0.5) is 13.2 Å². The summed E-state index contributed by atoms with van der Waals surface area (Å²) in [5.41, 5.74) is -4.08. The third kappa shape index (κ3) is 1.78. The molecule has 0 atom stereocenters. The van der Waals surface area contributed by atoms with Gasteiger partial charge in [-0.1, -0.05) is 25.1 Å². The van der Waals surface area contributed by atoms with Crippen LogP contribution in [0.5, 0.6) is 0 Å². The first kappa shape index (κ1) is 12.9. The lowest BCUT2D eigenvalue weighted by Gasteiger charge is -2.06. The van der Waals surface area contributed by atoms with Crippen molar-refractivity contribution in [3.8, 4) is 0 Å². The number of hydrogen-bond donors (Lipinski definition) is 1. The maximum Gasteiger partial charge on any atom is 0.501 e. The van der Waals surface area contributed by atoms with Crippen LogP contribution in [-0.2, 0) is 16.3 Å². The Hall–Kier alpha value is -1.50. The van der Waals surface area contributed by atoms with E-state index in [1.54, 1.807) is 12.1 Å². The number of H-pyrrole nitrogens is 1. The van der Waals surface area contributed by atoms with Gasteiger partial charge in [0.25, 0.3) is 9.84 Å². The van der Waals surface area contributed by atoms with E-state index in [0.717, 1.165) is 11.8 Å². The Morgan fingerprint density at radius 3 is 2.50 bits per heavy atom. The van der Waals surface area contributed by atoms with Gasteiger partial charge in [0.1, 0.15) is 4.90 Å². The zero-order chi connectivity index (χ0) is 13.6. The highest BCUT2D eigenvalue weighted by molar-refractivity contribution is 7.92. The van der Waals surface area contributed by atoms with Crippen LogP contribution < -0.4 is 0 Å². The van der Waals surface area contributed by atoms with Crippen LogP contribution >= 0.6 is 0 Å². The third-order valence-electron chi connectivity index (χ3n) is 2.74. The summed E-state index contributed by atoms with van der Waals surface area (Å²) in [4.78, 5) is 1.88. The Balaban J connectivity index is 2.76. The summed E-state index contributed by atoms with van der Waals surface area (Å²) in [6.45, 7) is 1.84. The van der Waals surface area contributed by atoms with Crippen molar-refractivity contribution < 1.29 is 21.6 Å². The summed E-state index contributed by atoms with van der Waals surface area (Å²) < 4.78 is 60.3. The van der Waals surface area contributed by atoms with Crippen LogP contribution in [0.15, 0.2) is 29.3 Å². The van der Waals surface area contributed by atoms with Crippen molar-refractivity contribution in [2.75, 3.05) is 0 Å². The van der Waals surface area contributed by atoms with Gasteiger partial charge in [-0.25, -0.2) is 8.42 Å². The van der Waals surface area contributed by atoms with Gasteiger partial charge in [-0.15, -0.1) is 0 Å². The van der Waals surface area contributed by atoms with Crippen LogP contribution in [0.3, 0.4) is 0 Å². The van der Waals surface area contributed by atoms with Crippen molar-refractivity contribution in [2.24, 2.45) is 0 Å². The molecule has 0 aliphatic rings. The third-order valence-corrected chi connectivity index (χ3v) is 4.27. The number of para-hydroxylation sites is 1. The number of fused-ring (bicyclic) bond motifs is 1. The molecule has 0 aliphatic heterocycles. The molecule has 0 unspecified atom stereocenters. The largest absolute Gasteiger partial charge is 0.501 e. The summed E-state index contributed by atoms with van der Waals surface area (Å²) in [6.07, 6.45) is 1.50. The van der Waals surface area contributed by atoms with Crippen LogP contribution in [0, 0.1) is 0 Å². The van der Waals surface area contributed by atoms with E-state index in [4.69, 9.17) is 0 Å². The van der Waals surface area contributed by atoms with Gasteiger partial charge in [0, 0.05) is 17.1 Å². The van der Waals surface area contributed by atoms with Crippen LogP contribution in [0.1, 0.15) is 12.5 Å². The van der Waals surface area contributed by atoms with E-state index < -0.39 is 20.2 Å². The predicted molar refractivity (Wildman–Crippen MR) is 60.9 cm³/mol. The Morgan fingerprint density at radius 2 is 1.94 bits per heavy atom. The minimum Gasteiger partial charge on any atom is -0.360 e. The van der Waals surface area contributed by atoms with E-state index in [0.29, 0.717) is 11.9 Å². The molecule has 0 fully saturated rings. The highest BCUT2D eigenvalue weighted by Crippen LogP contribution is 2.35. The summed E-state index contributed by atoms with van der Waals surface area (Å²) in [6, 6.07) is 4.65. The van der Waals surface area contributed by atoms with E-state index in [-0.39, 0.29) is 5.39 Å². The molecule has 0 aliphatic carbocycles. The molecular weight excluding hydrogens is 267 g/mol. The van der Waals surface area contributed by atoms with Crippen LogP contribution in [0.25, 0.3) is 10.9 Å². The number of hydrogen-bond acceptors (Lipinski definition) is 2. The van der Waals surface area contributed by atoms with Gasteiger partial charge in [0.2, 0.25) is 0 Å². The van der Waals surface area contributed by atoms with E-state index in [2.05, 4.69) is 4.98 Å². The first-order valence-corrected chi connectivity index (χ1v) is 6.67. The molecule has 7 heteroatoms. The lowest BCUT2D eigenvalue weighted by molar-refractivity contribution is -0.0435. The molecule has 0 saturated heterocycles. The zero-order valence-corrected chi connectivity index (χ0v) is 10.2. The molecule has 98 valence electrons. The number of nitrogens with one attached hydrogen (secondary N) is 1. The smallest absolute Gasteiger partial charge is 0.360 e. The van der Waals surface area contributed by atoms with Crippen molar-refractivity contribution in [1.82, 2.24) is 4.98 Å². The fraction of sp³-hybridized carbons (Fsp3) is 0.273. The maximum absolute atomic E-state index is 12.5. The summed E-state index contributed by atoms with van der Waals surface area (Å²) >= 11 is 0. The van der Waals surface area contributed by atoms with Crippen molar-refractivity contribution in [2.45, 2.75) is 23.7 Å². The standard InChI is InChI=1S/C11H10F3NO2S/c1-2-7-4-3-5-8-9(6-15-10(7)8)18(16,17)11(12,13)14/h3-6,15H,2H2,1H3. The predicted octanol–water partition coefficient (Wildman–Crippen LogP) is 3.02.